The number of anilines is 5. The second-order valence-corrected chi connectivity index (χ2v) is 25.2. The molecule has 0 saturated carbocycles. The molecule has 352 valence electrons. The SMILES string of the molecule is CC(C)(C)c1ccc(N2B3c4c(ccc5c4-c4ccccc4C5(C)C)N(c4ccc(C(C)(C)C)cc4-c4ccccc4)c4cc5oc6ccccc6c5c(c43)-c3cc4c(cc32)C(C)(C)CCC4(C)C)cc1. The van der Waals surface area contributed by atoms with Gasteiger partial charge in [-0.05, 0) is 150 Å². The van der Waals surface area contributed by atoms with E-state index in [0.29, 0.717) is 0 Å². The molecule has 3 nitrogen and oxygen atoms in total. The molecule has 9 aromatic rings. The standard InChI is InChI=1S/C67H65BN2O/c1-63(2,3)41-26-29-43(30-27-41)70-54-38-51-50(65(7,8)34-35-66(51,9)10)37-47(54)60-59-45-23-17-19-25-56(45)71-57(59)39-55-62(60)68(70)61-53(33-31-49-58(61)44-22-16-18-24-48(44)67(49,11)12)69(55)52-32-28-42(64(4,5)6)36-46(52)40-20-14-13-15-21-40/h13-33,36-39H,34-35H2,1-12H3. The van der Waals surface area contributed by atoms with Crippen molar-refractivity contribution in [3.63, 3.8) is 0 Å². The van der Waals surface area contributed by atoms with Crippen LogP contribution in [0.4, 0.5) is 28.4 Å². The van der Waals surface area contributed by atoms with Crippen LogP contribution < -0.4 is 20.6 Å². The molecule has 0 fully saturated rings. The maximum atomic E-state index is 7.14. The summed E-state index contributed by atoms with van der Waals surface area (Å²) >= 11 is 0. The lowest BCUT2D eigenvalue weighted by Crippen LogP contribution is -2.62. The van der Waals surface area contributed by atoms with Crippen molar-refractivity contribution in [1.82, 2.24) is 0 Å². The second-order valence-electron chi connectivity index (χ2n) is 25.2. The molecule has 8 aromatic carbocycles. The summed E-state index contributed by atoms with van der Waals surface area (Å²) in [4.78, 5) is 5.41. The van der Waals surface area contributed by atoms with Crippen molar-refractivity contribution in [3.8, 4) is 33.4 Å². The number of benzene rings is 8. The average Bonchev–Trinajstić information content (AvgIpc) is 3.83. The number of furan rings is 1. The van der Waals surface area contributed by atoms with Gasteiger partial charge >= 0.3 is 6.85 Å². The first-order valence-corrected chi connectivity index (χ1v) is 26.1. The lowest BCUT2D eigenvalue weighted by atomic mass is 9.41. The first kappa shape index (κ1) is 44.2. The minimum absolute atomic E-state index is 0.0000315. The summed E-state index contributed by atoms with van der Waals surface area (Å²) in [7, 11) is 0. The summed E-state index contributed by atoms with van der Waals surface area (Å²) in [5.41, 5.74) is 26.2. The molecule has 0 unspecified atom stereocenters. The van der Waals surface area contributed by atoms with E-state index in [1.54, 1.807) is 0 Å². The predicted molar refractivity (Wildman–Crippen MR) is 303 cm³/mol. The zero-order valence-corrected chi connectivity index (χ0v) is 43.7. The third-order valence-corrected chi connectivity index (χ3v) is 17.4. The minimum atomic E-state index is -0.205. The van der Waals surface area contributed by atoms with Gasteiger partial charge in [0.25, 0.3) is 0 Å². The van der Waals surface area contributed by atoms with Gasteiger partial charge in [0.2, 0.25) is 0 Å². The van der Waals surface area contributed by atoms with Crippen LogP contribution in [0.15, 0.2) is 156 Å². The Bertz CT molecular complexity index is 3710. The summed E-state index contributed by atoms with van der Waals surface area (Å²) < 4.78 is 7.14. The Balaban J connectivity index is 1.25. The van der Waals surface area contributed by atoms with Crippen LogP contribution in [0.5, 0.6) is 0 Å². The first-order valence-electron chi connectivity index (χ1n) is 26.1. The van der Waals surface area contributed by atoms with Gasteiger partial charge < -0.3 is 14.1 Å². The van der Waals surface area contributed by atoms with E-state index in [1.165, 1.54) is 100 Å². The molecule has 13 rings (SSSR count). The fourth-order valence-corrected chi connectivity index (χ4v) is 13.3. The minimum Gasteiger partial charge on any atom is -0.456 e. The van der Waals surface area contributed by atoms with E-state index >= 15 is 0 Å². The lowest BCUT2D eigenvalue weighted by molar-refractivity contribution is 0.332. The fraction of sp³-hybridized carbons (Fsp3) is 0.284. The Morgan fingerprint density at radius 1 is 0.465 bits per heavy atom. The zero-order chi connectivity index (χ0) is 49.3. The normalized spacial score (nSPS) is 16.9. The van der Waals surface area contributed by atoms with Gasteiger partial charge in [0.15, 0.2) is 0 Å². The maximum absolute atomic E-state index is 7.14. The Hall–Kier alpha value is -6.78. The molecule has 2 aliphatic heterocycles. The van der Waals surface area contributed by atoms with Crippen molar-refractivity contribution in [1.29, 1.82) is 0 Å². The molecular weight excluding hydrogens is 860 g/mol. The van der Waals surface area contributed by atoms with Crippen LogP contribution in [0, 0.1) is 0 Å². The molecule has 0 saturated heterocycles. The number of rotatable bonds is 3. The van der Waals surface area contributed by atoms with Crippen LogP contribution >= 0.6 is 0 Å². The van der Waals surface area contributed by atoms with Gasteiger partial charge in [-0.2, -0.15) is 0 Å². The summed E-state index contributed by atoms with van der Waals surface area (Å²) in [6.07, 6.45) is 2.28. The van der Waals surface area contributed by atoms with Crippen molar-refractivity contribution in [2.24, 2.45) is 0 Å². The monoisotopic (exact) mass is 925 g/mol. The van der Waals surface area contributed by atoms with E-state index in [-0.39, 0.29) is 33.9 Å². The Morgan fingerprint density at radius 3 is 1.80 bits per heavy atom. The number of hydrogen-bond acceptors (Lipinski definition) is 3. The maximum Gasteiger partial charge on any atom is 0.333 e. The van der Waals surface area contributed by atoms with E-state index < -0.39 is 0 Å². The molecule has 0 amide bonds. The van der Waals surface area contributed by atoms with Crippen LogP contribution in [-0.4, -0.2) is 6.85 Å². The molecule has 0 spiro atoms. The van der Waals surface area contributed by atoms with Gasteiger partial charge in [-0.25, -0.2) is 0 Å². The van der Waals surface area contributed by atoms with E-state index in [4.69, 9.17) is 4.42 Å². The highest BCUT2D eigenvalue weighted by Gasteiger charge is 2.51. The number of nitrogens with zero attached hydrogens (tertiary/aromatic N) is 2. The molecule has 0 radical (unpaired) electrons. The zero-order valence-electron chi connectivity index (χ0n) is 43.7. The number of para-hydroxylation sites is 1. The van der Waals surface area contributed by atoms with Crippen molar-refractivity contribution in [2.75, 3.05) is 9.71 Å². The quantitative estimate of drug-likeness (QED) is 0.165. The van der Waals surface area contributed by atoms with E-state index in [1.807, 2.05) is 0 Å². The molecule has 1 aromatic heterocycles. The number of hydrogen-bond donors (Lipinski definition) is 0. The second kappa shape index (κ2) is 14.7. The van der Waals surface area contributed by atoms with Crippen molar-refractivity contribution in [3.05, 3.63) is 185 Å². The van der Waals surface area contributed by atoms with E-state index in [0.717, 1.165) is 40.8 Å². The average molecular weight is 925 g/mol. The van der Waals surface area contributed by atoms with Crippen LogP contribution in [0.25, 0.3) is 55.3 Å². The van der Waals surface area contributed by atoms with Crippen molar-refractivity contribution in [2.45, 2.75) is 123 Å². The summed E-state index contributed by atoms with van der Waals surface area (Å²) in [6.45, 7) is 28.5. The first-order chi connectivity index (χ1) is 33.7. The Kier molecular flexibility index (Phi) is 9.12. The molecule has 2 aliphatic carbocycles. The van der Waals surface area contributed by atoms with Crippen molar-refractivity contribution < 1.29 is 4.42 Å². The molecule has 4 heteroatoms. The topological polar surface area (TPSA) is 19.6 Å². The number of fused-ring (bicyclic) bond motifs is 13. The largest absolute Gasteiger partial charge is 0.456 e. The van der Waals surface area contributed by atoms with Gasteiger partial charge in [-0.1, -0.05) is 180 Å². The molecule has 3 heterocycles. The third-order valence-electron chi connectivity index (χ3n) is 17.4. The molecular formula is C67H65BN2O. The van der Waals surface area contributed by atoms with Crippen molar-refractivity contribution >= 4 is 68.1 Å². The summed E-state index contributed by atoms with van der Waals surface area (Å²) in [6, 6.07) is 58.5. The molecule has 0 atom stereocenters. The van der Waals surface area contributed by atoms with E-state index in [9.17, 15) is 0 Å². The van der Waals surface area contributed by atoms with Gasteiger partial charge in [0.1, 0.15) is 11.2 Å². The van der Waals surface area contributed by atoms with Gasteiger partial charge in [0.05, 0.1) is 5.69 Å². The smallest absolute Gasteiger partial charge is 0.333 e. The van der Waals surface area contributed by atoms with Gasteiger partial charge in [-0.3, -0.25) is 0 Å². The Morgan fingerprint density at radius 2 is 1.08 bits per heavy atom. The van der Waals surface area contributed by atoms with Crippen LogP contribution in [0.1, 0.15) is 129 Å². The highest BCUT2D eigenvalue weighted by molar-refractivity contribution is 6.95. The highest BCUT2D eigenvalue weighted by Crippen LogP contribution is 2.58. The van der Waals surface area contributed by atoms with Crippen LogP contribution in [0.3, 0.4) is 0 Å². The molecule has 71 heavy (non-hydrogen) atoms. The molecule has 0 N–H and O–H groups in total. The fourth-order valence-electron chi connectivity index (χ4n) is 13.3. The molecule has 4 aliphatic rings. The van der Waals surface area contributed by atoms with Gasteiger partial charge in [-0.15, -0.1) is 0 Å². The lowest BCUT2D eigenvalue weighted by Gasteiger charge is -2.49. The summed E-state index contributed by atoms with van der Waals surface area (Å²) in [5, 5.41) is 2.36. The Labute approximate surface area is 421 Å². The highest BCUT2D eigenvalue weighted by atomic mass is 16.3. The summed E-state index contributed by atoms with van der Waals surface area (Å²) in [5.74, 6) is 0. The van der Waals surface area contributed by atoms with Crippen LogP contribution in [0.2, 0.25) is 0 Å². The third kappa shape index (κ3) is 6.28. The predicted octanol–water partition coefficient (Wildman–Crippen LogP) is 17.2. The van der Waals surface area contributed by atoms with Crippen LogP contribution in [-0.2, 0) is 27.1 Å². The van der Waals surface area contributed by atoms with Gasteiger partial charge in [0, 0.05) is 56.1 Å². The molecule has 0 bridgehead atoms. The van der Waals surface area contributed by atoms with E-state index in [2.05, 4.69) is 244 Å².